The van der Waals surface area contributed by atoms with Crippen molar-refractivity contribution in [2.45, 2.75) is 25.2 Å². The zero-order valence-electron chi connectivity index (χ0n) is 12.1. The summed E-state index contributed by atoms with van der Waals surface area (Å²) in [6.07, 6.45) is 5.71. The van der Waals surface area contributed by atoms with Crippen LogP contribution in [0.5, 0.6) is 0 Å². The number of fused-ring (bicyclic) bond motifs is 1. The second-order valence-corrected chi connectivity index (χ2v) is 7.05. The minimum Gasteiger partial charge on any atom is -0.237 e. The van der Waals surface area contributed by atoms with Crippen molar-refractivity contribution in [3.8, 4) is 0 Å². The van der Waals surface area contributed by atoms with E-state index >= 15 is 0 Å². The van der Waals surface area contributed by atoms with Gasteiger partial charge in [-0.05, 0) is 30.0 Å². The first-order valence-electron chi connectivity index (χ1n) is 7.32. The molecule has 1 heterocycles. The Kier molecular flexibility index (Phi) is 3.90. The molecule has 1 aromatic rings. The molecule has 1 saturated heterocycles. The van der Waals surface area contributed by atoms with E-state index in [9.17, 15) is 4.21 Å². The highest BCUT2D eigenvalue weighted by Gasteiger charge is 2.33. The molecular weight excluding hydrogens is 266 g/mol. The van der Waals surface area contributed by atoms with Crippen molar-refractivity contribution < 1.29 is 4.21 Å². The molecule has 0 spiro atoms. The smallest absolute Gasteiger partial charge is 0.127 e. The molecule has 2 aliphatic rings. The van der Waals surface area contributed by atoms with Crippen LogP contribution in [0, 0.1) is 11.8 Å². The SMILES string of the molecule is CCC1=C2CN(S(=O)c3ccccc3)C[C@H]2C=C[C@H]1C. The molecule has 0 N–H and O–H groups in total. The van der Waals surface area contributed by atoms with Gasteiger partial charge in [0.05, 0.1) is 4.90 Å². The zero-order valence-corrected chi connectivity index (χ0v) is 12.9. The summed E-state index contributed by atoms with van der Waals surface area (Å²) in [4.78, 5) is 0.904. The van der Waals surface area contributed by atoms with Gasteiger partial charge >= 0.3 is 0 Å². The fourth-order valence-electron chi connectivity index (χ4n) is 3.29. The fourth-order valence-corrected chi connectivity index (χ4v) is 4.53. The van der Waals surface area contributed by atoms with E-state index in [4.69, 9.17) is 0 Å². The summed E-state index contributed by atoms with van der Waals surface area (Å²) in [5.74, 6) is 1.00. The number of hydrogen-bond donors (Lipinski definition) is 0. The Morgan fingerprint density at radius 1 is 1.25 bits per heavy atom. The van der Waals surface area contributed by atoms with Crippen molar-refractivity contribution in [1.29, 1.82) is 0 Å². The van der Waals surface area contributed by atoms with Gasteiger partial charge in [0.15, 0.2) is 0 Å². The van der Waals surface area contributed by atoms with Crippen LogP contribution in [0.2, 0.25) is 0 Å². The van der Waals surface area contributed by atoms with Gasteiger partial charge in [-0.25, -0.2) is 8.51 Å². The first-order valence-corrected chi connectivity index (χ1v) is 8.43. The quantitative estimate of drug-likeness (QED) is 0.779. The Hall–Kier alpha value is -1.19. The van der Waals surface area contributed by atoms with E-state index in [1.54, 1.807) is 5.57 Å². The van der Waals surface area contributed by atoms with Crippen molar-refractivity contribution in [3.05, 3.63) is 53.6 Å². The first kappa shape index (κ1) is 13.8. The lowest BCUT2D eigenvalue weighted by Crippen LogP contribution is -2.23. The lowest BCUT2D eigenvalue weighted by atomic mass is 9.83. The Morgan fingerprint density at radius 2 is 2.00 bits per heavy atom. The minimum atomic E-state index is -1.04. The van der Waals surface area contributed by atoms with E-state index in [1.807, 2.05) is 30.3 Å². The second kappa shape index (κ2) is 5.66. The van der Waals surface area contributed by atoms with Crippen LogP contribution in [0.4, 0.5) is 0 Å². The molecule has 2 nitrogen and oxygen atoms in total. The molecule has 1 aliphatic heterocycles. The molecule has 1 fully saturated rings. The monoisotopic (exact) mass is 287 g/mol. The summed E-state index contributed by atoms with van der Waals surface area (Å²) in [7, 11) is -1.04. The molecule has 0 amide bonds. The third-order valence-corrected chi connectivity index (χ3v) is 5.77. The number of benzene rings is 1. The van der Waals surface area contributed by atoms with Crippen LogP contribution < -0.4 is 0 Å². The predicted octanol–water partition coefficient (Wildman–Crippen LogP) is 3.55. The Balaban J connectivity index is 1.85. The summed E-state index contributed by atoms with van der Waals surface area (Å²) >= 11 is 0. The molecule has 1 aromatic carbocycles. The molecule has 1 aliphatic carbocycles. The number of allylic oxidation sites excluding steroid dienone is 2. The van der Waals surface area contributed by atoms with E-state index < -0.39 is 11.0 Å². The topological polar surface area (TPSA) is 20.3 Å². The van der Waals surface area contributed by atoms with Crippen LogP contribution in [-0.2, 0) is 11.0 Å². The molecule has 0 saturated carbocycles. The predicted molar refractivity (Wildman–Crippen MR) is 83.5 cm³/mol. The average molecular weight is 287 g/mol. The summed E-state index contributed by atoms with van der Waals surface area (Å²) in [6, 6.07) is 9.77. The van der Waals surface area contributed by atoms with Gasteiger partial charge in [-0.2, -0.15) is 0 Å². The van der Waals surface area contributed by atoms with Crippen LogP contribution in [0.25, 0.3) is 0 Å². The fraction of sp³-hybridized carbons (Fsp3) is 0.412. The summed E-state index contributed by atoms with van der Waals surface area (Å²) in [5, 5.41) is 0. The highest BCUT2D eigenvalue weighted by molar-refractivity contribution is 7.82. The van der Waals surface area contributed by atoms with Crippen LogP contribution in [0.15, 0.2) is 58.5 Å². The van der Waals surface area contributed by atoms with E-state index in [-0.39, 0.29) is 0 Å². The molecule has 3 heteroatoms. The first-order chi connectivity index (χ1) is 9.70. The Labute approximate surface area is 123 Å². The van der Waals surface area contributed by atoms with Crippen molar-refractivity contribution in [3.63, 3.8) is 0 Å². The van der Waals surface area contributed by atoms with Gasteiger partial charge < -0.3 is 0 Å². The lowest BCUT2D eigenvalue weighted by molar-refractivity contribution is 0.524. The van der Waals surface area contributed by atoms with Gasteiger partial charge in [-0.3, -0.25) is 0 Å². The molecule has 3 atom stereocenters. The van der Waals surface area contributed by atoms with Gasteiger partial charge in [-0.1, -0.05) is 49.8 Å². The standard InChI is InChI=1S/C17H21NOS/c1-3-16-13(2)9-10-14-11-18(12-17(14)16)20(19)15-7-5-4-6-8-15/h4-10,13-14H,3,11-12H2,1-2H3/t13-,14-,20?/m1/s1. The van der Waals surface area contributed by atoms with Gasteiger partial charge in [0.1, 0.15) is 11.0 Å². The second-order valence-electron chi connectivity index (χ2n) is 5.57. The molecule has 0 bridgehead atoms. The molecular formula is C17H21NOS. The van der Waals surface area contributed by atoms with Crippen molar-refractivity contribution in [1.82, 2.24) is 4.31 Å². The maximum absolute atomic E-state index is 12.7. The maximum Gasteiger partial charge on any atom is 0.127 e. The highest BCUT2D eigenvalue weighted by Crippen LogP contribution is 2.37. The van der Waals surface area contributed by atoms with Crippen LogP contribution in [-0.4, -0.2) is 21.6 Å². The average Bonchev–Trinajstić information content (AvgIpc) is 2.91. The van der Waals surface area contributed by atoms with E-state index in [0.717, 1.165) is 24.4 Å². The zero-order chi connectivity index (χ0) is 14.1. The van der Waals surface area contributed by atoms with Gasteiger partial charge in [0, 0.05) is 19.0 Å². The van der Waals surface area contributed by atoms with Gasteiger partial charge in [0.25, 0.3) is 0 Å². The molecule has 20 heavy (non-hydrogen) atoms. The minimum absolute atomic E-state index is 0.466. The summed E-state index contributed by atoms with van der Waals surface area (Å²) in [5.41, 5.74) is 3.05. The van der Waals surface area contributed by atoms with Crippen molar-refractivity contribution in [2.24, 2.45) is 11.8 Å². The highest BCUT2D eigenvalue weighted by atomic mass is 32.2. The largest absolute Gasteiger partial charge is 0.237 e. The molecule has 106 valence electrons. The molecule has 3 rings (SSSR count). The van der Waals surface area contributed by atoms with Crippen molar-refractivity contribution in [2.75, 3.05) is 13.1 Å². The molecule has 0 radical (unpaired) electrons. The number of rotatable bonds is 3. The molecule has 1 unspecified atom stereocenters. The normalized spacial score (nSPS) is 27.7. The van der Waals surface area contributed by atoms with E-state index in [0.29, 0.717) is 11.8 Å². The number of hydrogen-bond acceptors (Lipinski definition) is 1. The third-order valence-electron chi connectivity index (χ3n) is 4.35. The van der Waals surface area contributed by atoms with Crippen molar-refractivity contribution >= 4 is 11.0 Å². The van der Waals surface area contributed by atoms with Crippen LogP contribution >= 0.6 is 0 Å². The van der Waals surface area contributed by atoms with Crippen LogP contribution in [0.1, 0.15) is 20.3 Å². The van der Waals surface area contributed by atoms with Crippen LogP contribution in [0.3, 0.4) is 0 Å². The molecule has 0 aromatic heterocycles. The van der Waals surface area contributed by atoms with Gasteiger partial charge in [-0.15, -0.1) is 0 Å². The lowest BCUT2D eigenvalue weighted by Gasteiger charge is -2.22. The van der Waals surface area contributed by atoms with E-state index in [1.165, 1.54) is 5.57 Å². The summed E-state index contributed by atoms with van der Waals surface area (Å²) < 4.78 is 14.8. The Morgan fingerprint density at radius 3 is 2.70 bits per heavy atom. The Bertz CT molecular complexity index is 576. The maximum atomic E-state index is 12.7. The van der Waals surface area contributed by atoms with Gasteiger partial charge in [0.2, 0.25) is 0 Å². The van der Waals surface area contributed by atoms with E-state index in [2.05, 4.69) is 30.3 Å². The summed E-state index contributed by atoms with van der Waals surface area (Å²) in [6.45, 7) is 6.22. The number of nitrogens with zero attached hydrogens (tertiary/aromatic N) is 1. The third kappa shape index (κ3) is 2.40.